The molecule has 144 valence electrons. The van der Waals surface area contributed by atoms with Crippen molar-refractivity contribution >= 4 is 15.9 Å². The van der Waals surface area contributed by atoms with Crippen LogP contribution < -0.4 is 4.74 Å². The molecule has 0 N–H and O–H groups in total. The number of hydrogen-bond acceptors (Lipinski definition) is 5. The summed E-state index contributed by atoms with van der Waals surface area (Å²) < 4.78 is 35.7. The standard InChI is InChI=1S/C18H26N2O5S/c1-24-16-5-3-14(4-6-16)17-13-19(11-12-25-17)18(21)15-7-9-20(10-8-15)26(2,22)23/h3-6,15,17H,7-13H2,1-2H3. The minimum absolute atomic E-state index is 0.109. The average molecular weight is 382 g/mol. The third kappa shape index (κ3) is 4.36. The molecule has 2 heterocycles. The van der Waals surface area contributed by atoms with Crippen molar-refractivity contribution in [2.45, 2.75) is 18.9 Å². The monoisotopic (exact) mass is 382 g/mol. The summed E-state index contributed by atoms with van der Waals surface area (Å²) in [7, 11) is -1.55. The van der Waals surface area contributed by atoms with Crippen LogP contribution in [0.3, 0.4) is 0 Å². The number of ether oxygens (including phenoxy) is 2. The fourth-order valence-corrected chi connectivity index (χ4v) is 4.44. The predicted octanol–water partition coefficient (Wildman–Crippen LogP) is 1.27. The van der Waals surface area contributed by atoms with Gasteiger partial charge in [0.2, 0.25) is 15.9 Å². The van der Waals surface area contributed by atoms with Crippen molar-refractivity contribution in [1.82, 2.24) is 9.21 Å². The number of morpholine rings is 1. The molecule has 2 fully saturated rings. The SMILES string of the molecule is COc1ccc(C2CN(C(=O)C3CCN(S(C)(=O)=O)CC3)CCO2)cc1. The molecule has 2 saturated heterocycles. The quantitative estimate of drug-likeness (QED) is 0.784. The normalized spacial score (nSPS) is 23.0. The molecule has 2 aliphatic rings. The number of piperidine rings is 1. The van der Waals surface area contributed by atoms with E-state index in [9.17, 15) is 13.2 Å². The average Bonchev–Trinajstić information content (AvgIpc) is 2.67. The molecular weight excluding hydrogens is 356 g/mol. The highest BCUT2D eigenvalue weighted by Gasteiger charge is 2.33. The lowest BCUT2D eigenvalue weighted by atomic mass is 9.96. The first kappa shape index (κ1) is 19.1. The zero-order valence-electron chi connectivity index (χ0n) is 15.3. The van der Waals surface area contributed by atoms with Gasteiger partial charge in [0.25, 0.3) is 0 Å². The molecule has 7 nitrogen and oxygen atoms in total. The van der Waals surface area contributed by atoms with E-state index < -0.39 is 10.0 Å². The number of nitrogens with zero attached hydrogens (tertiary/aromatic N) is 2. The second-order valence-electron chi connectivity index (χ2n) is 6.85. The molecule has 0 aromatic heterocycles. The van der Waals surface area contributed by atoms with Gasteiger partial charge >= 0.3 is 0 Å². The molecule has 0 aliphatic carbocycles. The molecule has 0 radical (unpaired) electrons. The lowest BCUT2D eigenvalue weighted by molar-refractivity contribution is -0.144. The van der Waals surface area contributed by atoms with Gasteiger partial charge in [-0.1, -0.05) is 12.1 Å². The summed E-state index contributed by atoms with van der Waals surface area (Å²) in [5.74, 6) is 0.790. The Morgan fingerprint density at radius 3 is 2.38 bits per heavy atom. The van der Waals surface area contributed by atoms with Gasteiger partial charge in [-0.15, -0.1) is 0 Å². The Morgan fingerprint density at radius 1 is 1.15 bits per heavy atom. The van der Waals surface area contributed by atoms with Crippen LogP contribution in [-0.2, 0) is 19.6 Å². The lowest BCUT2D eigenvalue weighted by Gasteiger charge is -2.37. The number of benzene rings is 1. The van der Waals surface area contributed by atoms with Crippen molar-refractivity contribution in [3.05, 3.63) is 29.8 Å². The zero-order valence-corrected chi connectivity index (χ0v) is 16.1. The number of amides is 1. The van der Waals surface area contributed by atoms with Crippen LogP contribution in [0.1, 0.15) is 24.5 Å². The van der Waals surface area contributed by atoms with Gasteiger partial charge < -0.3 is 14.4 Å². The van der Waals surface area contributed by atoms with Crippen LogP contribution >= 0.6 is 0 Å². The molecule has 26 heavy (non-hydrogen) atoms. The van der Waals surface area contributed by atoms with Crippen LogP contribution in [0.2, 0.25) is 0 Å². The van der Waals surface area contributed by atoms with Crippen LogP contribution in [-0.4, -0.2) is 69.7 Å². The van der Waals surface area contributed by atoms with Crippen molar-refractivity contribution in [3.63, 3.8) is 0 Å². The Bertz CT molecular complexity index is 726. The topological polar surface area (TPSA) is 76.2 Å². The number of rotatable bonds is 4. The van der Waals surface area contributed by atoms with E-state index in [1.807, 2.05) is 29.2 Å². The smallest absolute Gasteiger partial charge is 0.225 e. The van der Waals surface area contributed by atoms with Crippen LogP contribution in [0, 0.1) is 5.92 Å². The first-order chi connectivity index (χ1) is 12.4. The minimum atomic E-state index is -3.17. The largest absolute Gasteiger partial charge is 0.497 e. The Balaban J connectivity index is 1.59. The highest BCUT2D eigenvalue weighted by molar-refractivity contribution is 7.88. The molecule has 0 spiro atoms. The van der Waals surface area contributed by atoms with E-state index in [0.717, 1.165) is 11.3 Å². The number of sulfonamides is 1. The van der Waals surface area contributed by atoms with E-state index in [1.165, 1.54) is 10.6 Å². The molecule has 2 aliphatic heterocycles. The lowest BCUT2D eigenvalue weighted by Crippen LogP contribution is -2.48. The first-order valence-corrected chi connectivity index (χ1v) is 10.7. The zero-order chi connectivity index (χ0) is 18.7. The van der Waals surface area contributed by atoms with Crippen molar-refractivity contribution in [3.8, 4) is 5.75 Å². The maximum atomic E-state index is 12.9. The van der Waals surface area contributed by atoms with Gasteiger partial charge in [0.05, 0.1) is 26.5 Å². The van der Waals surface area contributed by atoms with E-state index in [1.54, 1.807) is 7.11 Å². The van der Waals surface area contributed by atoms with Crippen LogP contribution in [0.5, 0.6) is 5.75 Å². The molecular formula is C18H26N2O5S. The summed E-state index contributed by atoms with van der Waals surface area (Å²) >= 11 is 0. The Hall–Kier alpha value is -1.64. The number of carbonyl (C=O) groups is 1. The molecule has 8 heteroatoms. The Kier molecular flexibility index (Phi) is 5.84. The molecule has 1 atom stereocenters. The first-order valence-electron chi connectivity index (χ1n) is 8.88. The third-order valence-corrected chi connectivity index (χ3v) is 6.44. The molecule has 3 rings (SSSR count). The number of methoxy groups -OCH3 is 1. The summed E-state index contributed by atoms with van der Waals surface area (Å²) in [6, 6.07) is 7.70. The number of hydrogen-bond donors (Lipinski definition) is 0. The molecule has 0 bridgehead atoms. The fourth-order valence-electron chi connectivity index (χ4n) is 3.56. The van der Waals surface area contributed by atoms with E-state index in [0.29, 0.717) is 45.6 Å². The summed E-state index contributed by atoms with van der Waals surface area (Å²) in [6.45, 7) is 2.45. The van der Waals surface area contributed by atoms with Crippen LogP contribution in [0.4, 0.5) is 0 Å². The predicted molar refractivity (Wildman–Crippen MR) is 97.4 cm³/mol. The molecule has 1 aromatic rings. The van der Waals surface area contributed by atoms with Gasteiger partial charge in [0.1, 0.15) is 11.9 Å². The molecule has 1 amide bonds. The Morgan fingerprint density at radius 2 is 1.81 bits per heavy atom. The molecule has 0 saturated carbocycles. The second kappa shape index (κ2) is 7.94. The minimum Gasteiger partial charge on any atom is -0.497 e. The van der Waals surface area contributed by atoms with E-state index >= 15 is 0 Å². The molecule has 1 unspecified atom stereocenters. The van der Waals surface area contributed by atoms with Crippen molar-refractivity contribution < 1.29 is 22.7 Å². The van der Waals surface area contributed by atoms with Gasteiger partial charge in [0, 0.05) is 25.6 Å². The highest BCUT2D eigenvalue weighted by atomic mass is 32.2. The van der Waals surface area contributed by atoms with Gasteiger partial charge in [0.15, 0.2) is 0 Å². The number of carbonyl (C=O) groups excluding carboxylic acids is 1. The van der Waals surface area contributed by atoms with Gasteiger partial charge in [-0.2, -0.15) is 0 Å². The summed E-state index contributed by atoms with van der Waals surface area (Å²) in [6.07, 6.45) is 2.23. The maximum absolute atomic E-state index is 12.9. The van der Waals surface area contributed by atoms with Gasteiger partial charge in [-0.05, 0) is 30.5 Å². The van der Waals surface area contributed by atoms with Gasteiger partial charge in [-0.25, -0.2) is 12.7 Å². The van der Waals surface area contributed by atoms with Crippen LogP contribution in [0.15, 0.2) is 24.3 Å². The van der Waals surface area contributed by atoms with Crippen molar-refractivity contribution in [2.24, 2.45) is 5.92 Å². The summed E-state index contributed by atoms with van der Waals surface area (Å²) in [4.78, 5) is 14.7. The van der Waals surface area contributed by atoms with Crippen LogP contribution in [0.25, 0.3) is 0 Å². The van der Waals surface area contributed by atoms with Crippen molar-refractivity contribution in [1.29, 1.82) is 0 Å². The maximum Gasteiger partial charge on any atom is 0.225 e. The van der Waals surface area contributed by atoms with E-state index in [2.05, 4.69) is 0 Å². The summed E-state index contributed by atoms with van der Waals surface area (Å²) in [5.41, 5.74) is 1.02. The van der Waals surface area contributed by atoms with E-state index in [4.69, 9.17) is 9.47 Å². The third-order valence-electron chi connectivity index (χ3n) is 5.14. The van der Waals surface area contributed by atoms with E-state index in [-0.39, 0.29) is 17.9 Å². The second-order valence-corrected chi connectivity index (χ2v) is 8.84. The van der Waals surface area contributed by atoms with Crippen molar-refractivity contribution in [2.75, 3.05) is 46.2 Å². The fraction of sp³-hybridized carbons (Fsp3) is 0.611. The highest BCUT2D eigenvalue weighted by Crippen LogP contribution is 2.27. The van der Waals surface area contributed by atoms with Gasteiger partial charge in [-0.3, -0.25) is 4.79 Å². The summed E-state index contributed by atoms with van der Waals surface area (Å²) in [5, 5.41) is 0. The molecule has 1 aromatic carbocycles. The Labute approximate surface area is 154 Å².